The molecule has 0 N–H and O–H groups in total. The maximum Gasteiger partial charge on any atom is 0.248 e. The van der Waals surface area contributed by atoms with Gasteiger partial charge in [0.2, 0.25) is 5.91 Å². The third-order valence-corrected chi connectivity index (χ3v) is 4.83. The Morgan fingerprint density at radius 1 is 1.30 bits per heavy atom. The summed E-state index contributed by atoms with van der Waals surface area (Å²) in [5.41, 5.74) is 2.33. The van der Waals surface area contributed by atoms with E-state index in [0.29, 0.717) is 38.1 Å². The Morgan fingerprint density at radius 3 is 2.65 bits per heavy atom. The number of Topliss-reactive ketones (excluding diaryl/α,β-unsaturated/α-hetero) is 1. The normalized spacial score (nSPS) is 19.4. The largest absolute Gasteiger partial charge is 0.486 e. The highest BCUT2D eigenvalue weighted by atomic mass is 16.5. The van der Waals surface area contributed by atoms with Crippen molar-refractivity contribution < 1.29 is 19.1 Å². The number of ether oxygens (including phenoxy) is 2. The summed E-state index contributed by atoms with van der Waals surface area (Å²) >= 11 is 0. The fraction of sp³-hybridized carbons (Fsp3) is 0.556. The van der Waals surface area contributed by atoms with Gasteiger partial charge in [-0.25, -0.2) is 0 Å². The highest BCUT2D eigenvalue weighted by Gasteiger charge is 2.44. The van der Waals surface area contributed by atoms with Crippen LogP contribution in [0.15, 0.2) is 12.1 Å². The lowest BCUT2D eigenvalue weighted by molar-refractivity contribution is -0.138. The van der Waals surface area contributed by atoms with E-state index in [2.05, 4.69) is 0 Å². The Hall–Kier alpha value is -1.88. The summed E-state index contributed by atoms with van der Waals surface area (Å²) in [5.74, 6) is 0.854. The van der Waals surface area contributed by atoms with Crippen LogP contribution < -0.4 is 4.74 Å². The molecule has 1 aromatic rings. The van der Waals surface area contributed by atoms with Gasteiger partial charge in [-0.1, -0.05) is 6.07 Å². The molecule has 2 heterocycles. The van der Waals surface area contributed by atoms with Gasteiger partial charge in [-0.2, -0.15) is 0 Å². The van der Waals surface area contributed by atoms with Crippen molar-refractivity contribution in [2.75, 3.05) is 26.8 Å². The van der Waals surface area contributed by atoms with Crippen LogP contribution in [0.4, 0.5) is 0 Å². The fourth-order valence-electron chi connectivity index (χ4n) is 3.67. The molecule has 3 rings (SSSR count). The average Bonchev–Trinajstić information content (AvgIpc) is 2.46. The standard InChI is InChI=1S/C18H23NO4/c1-12-8-13(2)17-14(20)10-18(23-15(17)9-12)4-6-19(7-5-18)16(21)11-22-3/h8-9H,4-7,10-11H2,1-3H3. The van der Waals surface area contributed by atoms with Gasteiger partial charge in [-0.05, 0) is 31.0 Å². The molecule has 0 aliphatic carbocycles. The minimum Gasteiger partial charge on any atom is -0.486 e. The number of fused-ring (bicyclic) bond motifs is 1. The predicted octanol–water partition coefficient (Wildman–Crippen LogP) is 2.28. The van der Waals surface area contributed by atoms with Crippen molar-refractivity contribution in [3.8, 4) is 5.75 Å². The minimum atomic E-state index is -0.464. The van der Waals surface area contributed by atoms with E-state index in [4.69, 9.17) is 9.47 Å². The van der Waals surface area contributed by atoms with Crippen molar-refractivity contribution in [1.82, 2.24) is 4.90 Å². The van der Waals surface area contributed by atoms with E-state index < -0.39 is 5.60 Å². The van der Waals surface area contributed by atoms with Gasteiger partial charge in [0.15, 0.2) is 5.78 Å². The van der Waals surface area contributed by atoms with E-state index in [9.17, 15) is 9.59 Å². The van der Waals surface area contributed by atoms with Gasteiger partial charge < -0.3 is 14.4 Å². The molecule has 2 aliphatic heterocycles. The summed E-state index contributed by atoms with van der Waals surface area (Å²) in [6.45, 7) is 5.28. The number of methoxy groups -OCH3 is 1. The zero-order valence-electron chi connectivity index (χ0n) is 14.0. The lowest BCUT2D eigenvalue weighted by Gasteiger charge is -2.44. The quantitative estimate of drug-likeness (QED) is 0.840. The van der Waals surface area contributed by atoms with Crippen molar-refractivity contribution in [1.29, 1.82) is 0 Å². The highest BCUT2D eigenvalue weighted by Crippen LogP contribution is 2.41. The van der Waals surface area contributed by atoms with Crippen LogP contribution in [-0.2, 0) is 9.53 Å². The van der Waals surface area contributed by atoms with Gasteiger partial charge in [0.1, 0.15) is 18.0 Å². The Labute approximate surface area is 136 Å². The van der Waals surface area contributed by atoms with Crippen molar-refractivity contribution in [2.45, 2.75) is 38.7 Å². The summed E-state index contributed by atoms with van der Waals surface area (Å²) in [6.07, 6.45) is 1.76. The number of hydrogen-bond acceptors (Lipinski definition) is 4. The maximum absolute atomic E-state index is 12.6. The number of rotatable bonds is 2. The van der Waals surface area contributed by atoms with Crippen molar-refractivity contribution in [3.63, 3.8) is 0 Å². The molecule has 0 aromatic heterocycles. The topological polar surface area (TPSA) is 55.8 Å². The van der Waals surface area contributed by atoms with Crippen molar-refractivity contribution in [2.24, 2.45) is 0 Å². The number of likely N-dealkylation sites (tertiary alicyclic amines) is 1. The second-order valence-electron chi connectivity index (χ2n) is 6.65. The molecule has 1 spiro atoms. The summed E-state index contributed by atoms with van der Waals surface area (Å²) in [7, 11) is 1.52. The molecular weight excluding hydrogens is 294 g/mol. The van der Waals surface area contributed by atoms with Gasteiger partial charge in [0, 0.05) is 33.0 Å². The van der Waals surface area contributed by atoms with Crippen LogP contribution in [-0.4, -0.2) is 49.0 Å². The Bertz CT molecular complexity index is 645. The number of aryl methyl sites for hydroxylation is 2. The third-order valence-electron chi connectivity index (χ3n) is 4.83. The van der Waals surface area contributed by atoms with E-state index in [0.717, 1.165) is 16.7 Å². The second kappa shape index (κ2) is 5.96. The monoisotopic (exact) mass is 317 g/mol. The molecule has 23 heavy (non-hydrogen) atoms. The van der Waals surface area contributed by atoms with Crippen LogP contribution in [0.25, 0.3) is 0 Å². The number of nitrogens with zero attached hydrogens (tertiary/aromatic N) is 1. The number of piperidine rings is 1. The van der Waals surface area contributed by atoms with E-state index in [1.54, 1.807) is 4.90 Å². The zero-order chi connectivity index (χ0) is 16.6. The van der Waals surface area contributed by atoms with E-state index >= 15 is 0 Å². The number of ketones is 1. The number of benzene rings is 1. The van der Waals surface area contributed by atoms with Gasteiger partial charge in [0.25, 0.3) is 0 Å². The minimum absolute atomic E-state index is 0.00317. The fourth-order valence-corrected chi connectivity index (χ4v) is 3.67. The molecule has 2 aliphatic rings. The molecule has 1 saturated heterocycles. The molecular formula is C18H23NO4. The van der Waals surface area contributed by atoms with Crippen LogP contribution in [0.3, 0.4) is 0 Å². The summed E-state index contributed by atoms with van der Waals surface area (Å²) < 4.78 is 11.2. The first-order chi connectivity index (χ1) is 10.9. The highest BCUT2D eigenvalue weighted by molar-refractivity contribution is 6.01. The van der Waals surface area contributed by atoms with E-state index in [1.807, 2.05) is 26.0 Å². The zero-order valence-corrected chi connectivity index (χ0v) is 14.0. The van der Waals surface area contributed by atoms with Crippen LogP contribution >= 0.6 is 0 Å². The van der Waals surface area contributed by atoms with Gasteiger partial charge in [-0.15, -0.1) is 0 Å². The summed E-state index contributed by atoms with van der Waals surface area (Å²) in [6, 6.07) is 3.97. The lowest BCUT2D eigenvalue weighted by atomic mass is 9.81. The molecule has 1 aromatic carbocycles. The maximum atomic E-state index is 12.6. The number of carbonyl (C=O) groups is 2. The second-order valence-corrected chi connectivity index (χ2v) is 6.65. The molecule has 5 nitrogen and oxygen atoms in total. The molecule has 0 atom stereocenters. The van der Waals surface area contributed by atoms with Crippen molar-refractivity contribution in [3.05, 3.63) is 28.8 Å². The number of hydrogen-bond donors (Lipinski definition) is 0. The van der Waals surface area contributed by atoms with Gasteiger partial charge >= 0.3 is 0 Å². The average molecular weight is 317 g/mol. The SMILES string of the molecule is COCC(=O)N1CCC2(CC1)CC(=O)c1c(C)cc(C)cc1O2. The molecule has 1 fully saturated rings. The molecule has 124 valence electrons. The summed E-state index contributed by atoms with van der Waals surface area (Å²) in [5, 5.41) is 0. The molecule has 0 unspecified atom stereocenters. The smallest absolute Gasteiger partial charge is 0.248 e. The van der Waals surface area contributed by atoms with E-state index in [1.165, 1.54) is 7.11 Å². The van der Waals surface area contributed by atoms with Crippen LogP contribution in [0.5, 0.6) is 5.75 Å². The Morgan fingerprint density at radius 2 is 2.00 bits per heavy atom. The lowest BCUT2D eigenvalue weighted by Crippen LogP contribution is -2.52. The molecule has 0 radical (unpaired) electrons. The van der Waals surface area contributed by atoms with Crippen LogP contribution in [0, 0.1) is 13.8 Å². The number of amides is 1. The molecule has 5 heteroatoms. The molecule has 0 bridgehead atoms. The summed E-state index contributed by atoms with van der Waals surface area (Å²) in [4.78, 5) is 26.3. The molecule has 1 amide bonds. The first-order valence-corrected chi connectivity index (χ1v) is 8.04. The van der Waals surface area contributed by atoms with Crippen LogP contribution in [0.2, 0.25) is 0 Å². The van der Waals surface area contributed by atoms with Crippen molar-refractivity contribution >= 4 is 11.7 Å². The first-order valence-electron chi connectivity index (χ1n) is 8.04. The third kappa shape index (κ3) is 2.98. The van der Waals surface area contributed by atoms with Gasteiger partial charge in [0.05, 0.1) is 12.0 Å². The number of carbonyl (C=O) groups excluding carboxylic acids is 2. The molecule has 0 saturated carbocycles. The van der Waals surface area contributed by atoms with Gasteiger partial charge in [-0.3, -0.25) is 9.59 Å². The first kappa shape index (κ1) is 16.0. The Kier molecular flexibility index (Phi) is 4.15. The van der Waals surface area contributed by atoms with E-state index in [-0.39, 0.29) is 18.3 Å². The predicted molar refractivity (Wildman–Crippen MR) is 85.9 cm³/mol. The Balaban J connectivity index is 1.79. The van der Waals surface area contributed by atoms with Crippen LogP contribution in [0.1, 0.15) is 40.7 Å².